The first-order valence-electron chi connectivity index (χ1n) is 5.99. The van der Waals surface area contributed by atoms with Gasteiger partial charge in [-0.05, 0) is 37.8 Å². The SMILES string of the molecule is NNC(CCC1CCCO1)c1ccc(F)cn1. The first kappa shape index (κ1) is 12.4. The van der Waals surface area contributed by atoms with Crippen LogP contribution in [0.2, 0.25) is 0 Å². The molecule has 0 amide bonds. The number of nitrogens with two attached hydrogens (primary N) is 1. The second kappa shape index (κ2) is 6.05. The van der Waals surface area contributed by atoms with Crippen molar-refractivity contribution >= 4 is 0 Å². The molecule has 3 N–H and O–H groups in total. The van der Waals surface area contributed by atoms with E-state index in [2.05, 4.69) is 10.4 Å². The fourth-order valence-electron chi connectivity index (χ4n) is 2.13. The van der Waals surface area contributed by atoms with Crippen LogP contribution < -0.4 is 11.3 Å². The monoisotopic (exact) mass is 239 g/mol. The van der Waals surface area contributed by atoms with Crippen LogP contribution in [0, 0.1) is 5.82 Å². The first-order chi connectivity index (χ1) is 8.29. The number of hydrazine groups is 1. The van der Waals surface area contributed by atoms with Crippen LogP contribution in [-0.4, -0.2) is 17.7 Å². The van der Waals surface area contributed by atoms with Crippen LogP contribution >= 0.6 is 0 Å². The number of ether oxygens (including phenoxy) is 1. The van der Waals surface area contributed by atoms with E-state index in [-0.39, 0.29) is 11.9 Å². The van der Waals surface area contributed by atoms with Gasteiger partial charge in [0.2, 0.25) is 0 Å². The average Bonchev–Trinajstić information content (AvgIpc) is 2.85. The number of nitrogens with zero attached hydrogens (tertiary/aromatic N) is 1. The summed E-state index contributed by atoms with van der Waals surface area (Å²) in [5.74, 6) is 5.17. The molecule has 0 spiro atoms. The topological polar surface area (TPSA) is 60.2 Å². The maximum atomic E-state index is 12.8. The van der Waals surface area contributed by atoms with Crippen LogP contribution in [0.3, 0.4) is 0 Å². The number of rotatable bonds is 5. The van der Waals surface area contributed by atoms with Gasteiger partial charge in [0.25, 0.3) is 0 Å². The van der Waals surface area contributed by atoms with Crippen molar-refractivity contribution in [3.63, 3.8) is 0 Å². The second-order valence-electron chi connectivity index (χ2n) is 4.33. The molecule has 0 aromatic carbocycles. The van der Waals surface area contributed by atoms with Crippen LogP contribution in [0.1, 0.15) is 37.4 Å². The summed E-state index contributed by atoms with van der Waals surface area (Å²) in [6.07, 6.45) is 5.61. The van der Waals surface area contributed by atoms with Crippen molar-refractivity contribution in [3.8, 4) is 0 Å². The molecule has 1 aromatic heterocycles. The summed E-state index contributed by atoms with van der Waals surface area (Å²) in [5, 5.41) is 0. The highest BCUT2D eigenvalue weighted by Crippen LogP contribution is 2.22. The van der Waals surface area contributed by atoms with E-state index in [0.717, 1.165) is 38.0 Å². The second-order valence-corrected chi connectivity index (χ2v) is 4.33. The van der Waals surface area contributed by atoms with Crippen molar-refractivity contribution in [2.24, 2.45) is 5.84 Å². The van der Waals surface area contributed by atoms with Gasteiger partial charge >= 0.3 is 0 Å². The number of hydrogen-bond donors (Lipinski definition) is 2. The number of aromatic nitrogens is 1. The molecule has 5 heteroatoms. The summed E-state index contributed by atoms with van der Waals surface area (Å²) >= 11 is 0. The third-order valence-electron chi connectivity index (χ3n) is 3.11. The molecular formula is C12H18FN3O. The first-order valence-corrected chi connectivity index (χ1v) is 5.99. The Morgan fingerprint density at radius 1 is 1.59 bits per heavy atom. The molecule has 17 heavy (non-hydrogen) atoms. The van der Waals surface area contributed by atoms with E-state index in [1.807, 2.05) is 0 Å². The molecule has 2 heterocycles. The highest BCUT2D eigenvalue weighted by Gasteiger charge is 2.18. The third-order valence-corrected chi connectivity index (χ3v) is 3.11. The molecule has 0 saturated carbocycles. The minimum atomic E-state index is -0.330. The van der Waals surface area contributed by atoms with Gasteiger partial charge in [0.05, 0.1) is 24.0 Å². The van der Waals surface area contributed by atoms with Crippen molar-refractivity contribution in [2.75, 3.05) is 6.61 Å². The fraction of sp³-hybridized carbons (Fsp3) is 0.583. The molecule has 1 aliphatic heterocycles. The van der Waals surface area contributed by atoms with E-state index in [4.69, 9.17) is 10.6 Å². The maximum Gasteiger partial charge on any atom is 0.141 e. The fourth-order valence-corrected chi connectivity index (χ4v) is 2.13. The number of hydrogen-bond acceptors (Lipinski definition) is 4. The Hall–Kier alpha value is -1.04. The average molecular weight is 239 g/mol. The van der Waals surface area contributed by atoms with Gasteiger partial charge in [0.15, 0.2) is 0 Å². The zero-order chi connectivity index (χ0) is 12.1. The molecule has 1 aromatic rings. The minimum Gasteiger partial charge on any atom is -0.378 e. The lowest BCUT2D eigenvalue weighted by molar-refractivity contribution is 0.0994. The largest absolute Gasteiger partial charge is 0.378 e. The third kappa shape index (κ3) is 3.46. The number of halogens is 1. The molecular weight excluding hydrogens is 221 g/mol. The molecule has 94 valence electrons. The molecule has 0 aliphatic carbocycles. The van der Waals surface area contributed by atoms with Gasteiger partial charge in [-0.15, -0.1) is 0 Å². The Labute approximate surface area is 100 Å². The molecule has 2 unspecified atom stereocenters. The van der Waals surface area contributed by atoms with Gasteiger partial charge in [-0.25, -0.2) is 4.39 Å². The zero-order valence-electron chi connectivity index (χ0n) is 9.73. The van der Waals surface area contributed by atoms with Gasteiger partial charge in [-0.3, -0.25) is 16.3 Å². The van der Waals surface area contributed by atoms with E-state index in [1.54, 1.807) is 6.07 Å². The predicted molar refractivity (Wildman–Crippen MR) is 62.5 cm³/mol. The van der Waals surface area contributed by atoms with E-state index in [9.17, 15) is 4.39 Å². The molecule has 4 nitrogen and oxygen atoms in total. The Kier molecular flexibility index (Phi) is 4.42. The Bertz CT molecular complexity index is 338. The summed E-state index contributed by atoms with van der Waals surface area (Å²) in [4.78, 5) is 4.04. The van der Waals surface area contributed by atoms with Crippen molar-refractivity contribution < 1.29 is 9.13 Å². The van der Waals surface area contributed by atoms with E-state index >= 15 is 0 Å². The lowest BCUT2D eigenvalue weighted by Crippen LogP contribution is -2.29. The van der Waals surface area contributed by atoms with Crippen molar-refractivity contribution in [1.82, 2.24) is 10.4 Å². The summed E-state index contributed by atoms with van der Waals surface area (Å²) in [6, 6.07) is 3.02. The van der Waals surface area contributed by atoms with Crippen molar-refractivity contribution in [2.45, 2.75) is 37.8 Å². The summed E-state index contributed by atoms with van der Waals surface area (Å²) in [7, 11) is 0. The van der Waals surface area contributed by atoms with Gasteiger partial charge in [-0.1, -0.05) is 0 Å². The number of nitrogens with one attached hydrogen (secondary N) is 1. The highest BCUT2D eigenvalue weighted by atomic mass is 19.1. The van der Waals surface area contributed by atoms with Crippen LogP contribution in [0.4, 0.5) is 4.39 Å². The van der Waals surface area contributed by atoms with Gasteiger partial charge in [-0.2, -0.15) is 0 Å². The van der Waals surface area contributed by atoms with Crippen LogP contribution in [-0.2, 0) is 4.74 Å². The maximum absolute atomic E-state index is 12.8. The highest BCUT2D eigenvalue weighted by molar-refractivity contribution is 5.09. The van der Waals surface area contributed by atoms with E-state index in [0.29, 0.717) is 6.10 Å². The van der Waals surface area contributed by atoms with Crippen molar-refractivity contribution in [3.05, 3.63) is 29.8 Å². The molecule has 0 bridgehead atoms. The molecule has 0 radical (unpaired) electrons. The zero-order valence-corrected chi connectivity index (χ0v) is 9.73. The lowest BCUT2D eigenvalue weighted by Gasteiger charge is -2.17. The molecule has 1 aliphatic rings. The molecule has 2 atom stereocenters. The van der Waals surface area contributed by atoms with Crippen LogP contribution in [0.15, 0.2) is 18.3 Å². The summed E-state index contributed by atoms with van der Waals surface area (Å²) in [5.41, 5.74) is 3.49. The van der Waals surface area contributed by atoms with E-state index in [1.165, 1.54) is 12.3 Å². The number of pyridine rings is 1. The van der Waals surface area contributed by atoms with Crippen molar-refractivity contribution in [1.29, 1.82) is 0 Å². The smallest absolute Gasteiger partial charge is 0.141 e. The molecule has 1 fully saturated rings. The molecule has 2 rings (SSSR count). The predicted octanol–water partition coefficient (Wildman–Crippen LogP) is 1.68. The Morgan fingerprint density at radius 3 is 3.06 bits per heavy atom. The van der Waals surface area contributed by atoms with Gasteiger partial charge in [0.1, 0.15) is 5.82 Å². The lowest BCUT2D eigenvalue weighted by atomic mass is 10.0. The normalized spacial score (nSPS) is 21.6. The summed E-state index contributed by atoms with van der Waals surface area (Å²) in [6.45, 7) is 0.861. The molecule has 1 saturated heterocycles. The Morgan fingerprint density at radius 2 is 2.47 bits per heavy atom. The quantitative estimate of drug-likeness (QED) is 0.606. The summed E-state index contributed by atoms with van der Waals surface area (Å²) < 4.78 is 18.3. The van der Waals surface area contributed by atoms with Gasteiger partial charge < -0.3 is 4.74 Å². The van der Waals surface area contributed by atoms with Gasteiger partial charge in [0, 0.05) is 6.61 Å². The Balaban J connectivity index is 1.89. The van der Waals surface area contributed by atoms with Crippen LogP contribution in [0.5, 0.6) is 0 Å². The minimum absolute atomic E-state index is 0.0419. The standard InChI is InChI=1S/C12H18FN3O/c13-9-3-5-11(15-8-9)12(16-14)6-4-10-2-1-7-17-10/h3,5,8,10,12,16H,1-2,4,6-7,14H2. The van der Waals surface area contributed by atoms with Crippen LogP contribution in [0.25, 0.3) is 0 Å². The van der Waals surface area contributed by atoms with E-state index < -0.39 is 0 Å².